The van der Waals surface area contributed by atoms with Crippen molar-refractivity contribution in [2.24, 2.45) is 0 Å². The Labute approximate surface area is 27.5 Å². The van der Waals surface area contributed by atoms with Crippen LogP contribution in [0.2, 0.25) is 0 Å². The van der Waals surface area contributed by atoms with Crippen LogP contribution >= 0.6 is 0 Å². The van der Waals surface area contributed by atoms with E-state index in [0.717, 1.165) is 0 Å². The van der Waals surface area contributed by atoms with Gasteiger partial charge in [0.1, 0.15) is 0 Å². The molecule has 0 fully saturated rings. The Morgan fingerprint density at radius 1 is 2.00 bits per heavy atom. The minimum Gasteiger partial charge on any atom is -0.401 e. The molecule has 0 saturated carbocycles. The normalized spacial score (nSPS) is 10.5. The lowest BCUT2D eigenvalue weighted by Crippen LogP contribution is -1.83. The first-order chi connectivity index (χ1) is 1.91. The fourth-order valence-corrected chi connectivity index (χ4v) is 0. The van der Waals surface area contributed by atoms with Crippen LogP contribution in [0, 0.1) is 0 Å². The molecule has 0 amide bonds. The molecule has 0 aliphatic carbocycles. The van der Waals surface area contributed by atoms with E-state index in [1.165, 1.54) is 7.11 Å². The van der Waals surface area contributed by atoms with Crippen LogP contribution in [0.1, 0.15) is 0 Å². The molecule has 25 valence electrons. The average molecular weight is 77.1 g/mol. The topological polar surface area (TPSA) is 29.1 Å². The monoisotopic (exact) mass is 77.0 g/mol. The second-order valence-electron chi connectivity index (χ2n) is 0.407. The number of hydrogen-bond donors (Lipinski definition) is 0. The van der Waals surface area contributed by atoms with Crippen molar-refractivity contribution >= 4 is 10.0 Å². The SMILES string of the molecule is CO[SiH2][O]. The maximum absolute atomic E-state index is 9.22. The van der Waals surface area contributed by atoms with Gasteiger partial charge in [0.25, 0.3) is 0 Å². The van der Waals surface area contributed by atoms with Crippen LogP contribution < -0.4 is 0 Å². The van der Waals surface area contributed by atoms with Gasteiger partial charge in [0.15, 0.2) is 0 Å². The summed E-state index contributed by atoms with van der Waals surface area (Å²) in [4.78, 5) is 9.22. The van der Waals surface area contributed by atoms with Gasteiger partial charge >= 0.3 is 10.0 Å². The van der Waals surface area contributed by atoms with Crippen LogP contribution in [-0.2, 0) is 9.22 Å². The minimum absolute atomic E-state index is 1.33. The van der Waals surface area contributed by atoms with Gasteiger partial charge in [-0.1, -0.05) is 0 Å². The molecule has 1 radical (unpaired) electrons. The molecule has 0 aliphatic heterocycles. The van der Waals surface area contributed by atoms with Crippen LogP contribution in [0.5, 0.6) is 0 Å². The van der Waals surface area contributed by atoms with Gasteiger partial charge in [-0.05, 0) is 0 Å². The molecule has 0 aromatic heterocycles. The second kappa shape index (κ2) is 3.14. The third-order valence-electron chi connectivity index (χ3n) is 0.118. The summed E-state index contributed by atoms with van der Waals surface area (Å²) in [7, 11) is 0.104. The molecule has 0 spiro atoms. The predicted octanol–water partition coefficient (Wildman–Crippen LogP) is -0.938. The maximum Gasteiger partial charge on any atom is 0.343 e. The standard InChI is InChI=1S/CH5O2Si/c1-3-4-2/h4H2,1H3. The van der Waals surface area contributed by atoms with Crippen LogP contribution in [0.25, 0.3) is 0 Å². The van der Waals surface area contributed by atoms with Gasteiger partial charge in [-0.2, -0.15) is 0 Å². The summed E-state index contributed by atoms with van der Waals surface area (Å²) < 4.78 is 4.12. The zero-order valence-electron chi connectivity index (χ0n) is 2.52. The summed E-state index contributed by atoms with van der Waals surface area (Å²) in [5.74, 6) is 0. The van der Waals surface area contributed by atoms with Crippen LogP contribution in [0.3, 0.4) is 0 Å². The van der Waals surface area contributed by atoms with E-state index < -0.39 is 10.0 Å². The van der Waals surface area contributed by atoms with Crippen molar-refractivity contribution < 1.29 is 9.22 Å². The molecular weight excluding hydrogens is 72.1 g/mol. The van der Waals surface area contributed by atoms with E-state index >= 15 is 0 Å². The summed E-state index contributed by atoms with van der Waals surface area (Å²) in [5, 5.41) is 0. The van der Waals surface area contributed by atoms with Crippen molar-refractivity contribution in [1.29, 1.82) is 0 Å². The first kappa shape index (κ1) is 4.14. The summed E-state index contributed by atoms with van der Waals surface area (Å²) in [6, 6.07) is 0. The van der Waals surface area contributed by atoms with Gasteiger partial charge in [-0.15, -0.1) is 0 Å². The summed E-state index contributed by atoms with van der Waals surface area (Å²) >= 11 is 0. The number of rotatable bonds is 1. The Hall–Kier alpha value is 0.137. The Balaban J connectivity index is 1.97. The lowest BCUT2D eigenvalue weighted by molar-refractivity contribution is 0.314. The molecule has 0 atom stereocenters. The largest absolute Gasteiger partial charge is 0.401 e. The van der Waals surface area contributed by atoms with Crippen molar-refractivity contribution in [1.82, 2.24) is 0 Å². The third-order valence-corrected chi connectivity index (χ3v) is 0.354. The van der Waals surface area contributed by atoms with Gasteiger partial charge in [-0.25, -0.2) is 0 Å². The maximum atomic E-state index is 9.22. The summed E-state index contributed by atoms with van der Waals surface area (Å²) in [5.41, 5.74) is 0. The Morgan fingerprint density at radius 3 is 2.25 bits per heavy atom. The highest BCUT2D eigenvalue weighted by atomic mass is 28.2. The lowest BCUT2D eigenvalue weighted by atomic mass is 11.8. The molecule has 0 aromatic carbocycles. The molecular formula is CH5O2Si. The zero-order valence-corrected chi connectivity index (χ0v) is 3.94. The van der Waals surface area contributed by atoms with E-state index in [1.54, 1.807) is 0 Å². The zero-order chi connectivity index (χ0) is 3.41. The molecule has 0 unspecified atom stereocenters. The van der Waals surface area contributed by atoms with Crippen LogP contribution in [0.15, 0.2) is 0 Å². The molecule has 0 aromatic rings. The van der Waals surface area contributed by atoms with E-state index in [1.807, 2.05) is 0 Å². The first-order valence-corrected chi connectivity index (χ1v) is 2.14. The molecule has 0 bridgehead atoms. The fraction of sp³-hybridized carbons (Fsp3) is 1.00. The van der Waals surface area contributed by atoms with Crippen molar-refractivity contribution in [3.05, 3.63) is 0 Å². The Kier molecular flexibility index (Phi) is 3.24. The van der Waals surface area contributed by atoms with Gasteiger partial charge in [0.05, 0.1) is 0 Å². The highest BCUT2D eigenvalue weighted by Crippen LogP contribution is 1.42. The molecule has 0 rings (SSSR count). The molecule has 0 heterocycles. The molecule has 0 aliphatic rings. The Morgan fingerprint density at radius 2 is 2.25 bits per heavy atom. The quantitative estimate of drug-likeness (QED) is 0.371. The first-order valence-electron chi connectivity index (χ1n) is 0.986. The molecule has 0 saturated heterocycles. The second-order valence-corrected chi connectivity index (χ2v) is 1.22. The molecule has 2 nitrogen and oxygen atoms in total. The van der Waals surface area contributed by atoms with Crippen molar-refractivity contribution in [2.75, 3.05) is 7.11 Å². The van der Waals surface area contributed by atoms with Crippen molar-refractivity contribution in [3.8, 4) is 0 Å². The number of hydrogen-bond acceptors (Lipinski definition) is 1. The van der Waals surface area contributed by atoms with E-state index in [9.17, 15) is 4.80 Å². The minimum atomic E-state index is -1.33. The van der Waals surface area contributed by atoms with E-state index in [4.69, 9.17) is 0 Å². The van der Waals surface area contributed by atoms with Gasteiger partial charge in [0, 0.05) is 7.11 Å². The van der Waals surface area contributed by atoms with Crippen LogP contribution in [0.4, 0.5) is 0 Å². The van der Waals surface area contributed by atoms with Crippen molar-refractivity contribution in [3.63, 3.8) is 0 Å². The Bertz CT molecular complexity index is 8.00. The van der Waals surface area contributed by atoms with Crippen molar-refractivity contribution in [2.45, 2.75) is 0 Å². The van der Waals surface area contributed by atoms with E-state index in [2.05, 4.69) is 4.43 Å². The fourth-order valence-electron chi connectivity index (χ4n) is 0. The van der Waals surface area contributed by atoms with Gasteiger partial charge < -0.3 is 4.43 Å². The summed E-state index contributed by atoms with van der Waals surface area (Å²) in [6.07, 6.45) is 0. The lowest BCUT2D eigenvalue weighted by Gasteiger charge is -1.71. The van der Waals surface area contributed by atoms with Crippen LogP contribution in [-0.4, -0.2) is 17.1 Å². The van der Waals surface area contributed by atoms with Gasteiger partial charge in [0.2, 0.25) is 0 Å². The van der Waals surface area contributed by atoms with E-state index in [0.29, 0.717) is 0 Å². The molecule has 3 heteroatoms. The summed E-state index contributed by atoms with van der Waals surface area (Å²) in [6.45, 7) is 0. The highest BCUT2D eigenvalue weighted by Gasteiger charge is 1.61. The third kappa shape index (κ3) is 2.14. The van der Waals surface area contributed by atoms with E-state index in [-0.39, 0.29) is 0 Å². The highest BCUT2D eigenvalue weighted by molar-refractivity contribution is 6.15. The predicted molar refractivity (Wildman–Crippen MR) is 16.2 cm³/mol. The smallest absolute Gasteiger partial charge is 0.343 e. The van der Waals surface area contributed by atoms with Gasteiger partial charge in [-0.3, -0.25) is 4.80 Å². The average Bonchev–Trinajstić information content (AvgIpc) is 1.37. The molecule has 4 heavy (non-hydrogen) atoms. The molecule has 0 N–H and O–H groups in total.